The third-order valence-electron chi connectivity index (χ3n) is 3.28. The number of amides is 2. The molecule has 2 amide bonds. The van der Waals surface area contributed by atoms with E-state index in [0.29, 0.717) is 37.2 Å². The molecule has 1 unspecified atom stereocenters. The first-order valence-corrected chi connectivity index (χ1v) is 6.95. The Hall–Kier alpha value is -2.37. The van der Waals surface area contributed by atoms with Crippen molar-refractivity contribution in [1.29, 1.82) is 0 Å². The van der Waals surface area contributed by atoms with Crippen LogP contribution in [0, 0.1) is 5.92 Å². The van der Waals surface area contributed by atoms with Crippen LogP contribution in [-0.2, 0) is 14.3 Å². The van der Waals surface area contributed by atoms with Crippen molar-refractivity contribution in [2.45, 2.75) is 19.8 Å². The highest BCUT2D eigenvalue weighted by Crippen LogP contribution is 2.16. The molecule has 0 aliphatic carbocycles. The number of ether oxygens (including phenoxy) is 1. The molecule has 6 heteroatoms. The van der Waals surface area contributed by atoms with Crippen molar-refractivity contribution < 1.29 is 19.1 Å². The van der Waals surface area contributed by atoms with Gasteiger partial charge in [-0.05, 0) is 31.5 Å². The van der Waals surface area contributed by atoms with Crippen LogP contribution in [0.25, 0.3) is 0 Å². The summed E-state index contributed by atoms with van der Waals surface area (Å²) < 4.78 is 4.92. The van der Waals surface area contributed by atoms with Crippen LogP contribution in [0.2, 0.25) is 0 Å². The Morgan fingerprint density at radius 3 is 2.90 bits per heavy atom. The topological polar surface area (TPSA) is 84.5 Å². The molecule has 1 heterocycles. The molecular weight excluding hydrogens is 272 g/mol. The second-order valence-corrected chi connectivity index (χ2v) is 4.83. The molecule has 21 heavy (non-hydrogen) atoms. The minimum absolute atomic E-state index is 0.0247. The standard InChI is InChI=1S/C15H18N2O4/c1-2-21-15(20)10-4-3-5-12(8-10)17-14(19)11-6-7-13(18)16-9-11/h3-5,8,11H,2,6-7,9H2,1H3,(H,16,18)(H,17,19). The first kappa shape index (κ1) is 15.0. The third kappa shape index (κ3) is 4.05. The molecule has 112 valence electrons. The number of nitrogens with one attached hydrogen (secondary N) is 2. The monoisotopic (exact) mass is 290 g/mol. The summed E-state index contributed by atoms with van der Waals surface area (Å²) in [5, 5.41) is 5.44. The Morgan fingerprint density at radius 2 is 2.24 bits per heavy atom. The number of hydrogen-bond acceptors (Lipinski definition) is 4. The predicted molar refractivity (Wildman–Crippen MR) is 76.8 cm³/mol. The van der Waals surface area contributed by atoms with Gasteiger partial charge in [0.2, 0.25) is 11.8 Å². The Kier molecular flexibility index (Phi) is 4.92. The predicted octanol–water partition coefficient (Wildman–Crippen LogP) is 1.33. The molecule has 0 aromatic heterocycles. The lowest BCUT2D eigenvalue weighted by Crippen LogP contribution is -2.40. The Labute approximate surface area is 122 Å². The van der Waals surface area contributed by atoms with E-state index in [1.54, 1.807) is 31.2 Å². The van der Waals surface area contributed by atoms with Crippen molar-refractivity contribution in [2.75, 3.05) is 18.5 Å². The molecule has 1 aromatic rings. The molecule has 1 saturated heterocycles. The zero-order valence-electron chi connectivity index (χ0n) is 11.8. The molecule has 2 N–H and O–H groups in total. The van der Waals surface area contributed by atoms with Crippen molar-refractivity contribution in [2.24, 2.45) is 5.92 Å². The van der Waals surface area contributed by atoms with Crippen LogP contribution in [0.5, 0.6) is 0 Å². The van der Waals surface area contributed by atoms with Crippen LogP contribution in [0.15, 0.2) is 24.3 Å². The molecule has 0 spiro atoms. The lowest BCUT2D eigenvalue weighted by Gasteiger charge is -2.21. The summed E-state index contributed by atoms with van der Waals surface area (Å²) in [5.41, 5.74) is 0.939. The Balaban J connectivity index is 1.99. The van der Waals surface area contributed by atoms with Crippen molar-refractivity contribution >= 4 is 23.5 Å². The average Bonchev–Trinajstić information content (AvgIpc) is 2.48. The van der Waals surface area contributed by atoms with Gasteiger partial charge in [0.25, 0.3) is 0 Å². The van der Waals surface area contributed by atoms with Crippen LogP contribution in [0.1, 0.15) is 30.1 Å². The maximum Gasteiger partial charge on any atom is 0.338 e. The first-order chi connectivity index (χ1) is 10.1. The van der Waals surface area contributed by atoms with E-state index in [-0.39, 0.29) is 17.7 Å². The summed E-state index contributed by atoms with van der Waals surface area (Å²) in [6.07, 6.45) is 0.899. The number of esters is 1. The van der Waals surface area contributed by atoms with E-state index in [2.05, 4.69) is 10.6 Å². The van der Waals surface area contributed by atoms with E-state index in [1.165, 1.54) is 0 Å². The number of anilines is 1. The SMILES string of the molecule is CCOC(=O)c1cccc(NC(=O)C2CCC(=O)NC2)c1. The number of benzene rings is 1. The highest BCUT2D eigenvalue weighted by atomic mass is 16.5. The van der Waals surface area contributed by atoms with E-state index in [9.17, 15) is 14.4 Å². The fourth-order valence-electron chi connectivity index (χ4n) is 2.14. The maximum absolute atomic E-state index is 12.1. The van der Waals surface area contributed by atoms with Gasteiger partial charge < -0.3 is 15.4 Å². The van der Waals surface area contributed by atoms with Crippen molar-refractivity contribution in [3.63, 3.8) is 0 Å². The summed E-state index contributed by atoms with van der Waals surface area (Å²) in [4.78, 5) is 34.8. The van der Waals surface area contributed by atoms with E-state index < -0.39 is 5.97 Å². The van der Waals surface area contributed by atoms with Crippen LogP contribution in [0.3, 0.4) is 0 Å². The van der Waals surface area contributed by atoms with Crippen LogP contribution < -0.4 is 10.6 Å². The smallest absolute Gasteiger partial charge is 0.338 e. The van der Waals surface area contributed by atoms with Crippen LogP contribution >= 0.6 is 0 Å². The van der Waals surface area contributed by atoms with Gasteiger partial charge in [0.05, 0.1) is 18.1 Å². The molecule has 0 saturated carbocycles. The number of carbonyl (C=O) groups excluding carboxylic acids is 3. The summed E-state index contributed by atoms with van der Waals surface area (Å²) in [6.45, 7) is 2.39. The van der Waals surface area contributed by atoms with Gasteiger partial charge in [-0.25, -0.2) is 4.79 Å². The minimum atomic E-state index is -0.418. The molecule has 1 aliphatic rings. The highest BCUT2D eigenvalue weighted by molar-refractivity contribution is 5.96. The van der Waals surface area contributed by atoms with Crippen molar-refractivity contribution in [1.82, 2.24) is 5.32 Å². The fourth-order valence-corrected chi connectivity index (χ4v) is 2.14. The third-order valence-corrected chi connectivity index (χ3v) is 3.28. The first-order valence-electron chi connectivity index (χ1n) is 6.95. The Bertz CT molecular complexity index is 546. The second-order valence-electron chi connectivity index (χ2n) is 4.83. The van der Waals surface area contributed by atoms with E-state index in [0.717, 1.165) is 0 Å². The van der Waals surface area contributed by atoms with E-state index in [1.807, 2.05) is 0 Å². The molecule has 2 rings (SSSR count). The van der Waals surface area contributed by atoms with Gasteiger partial charge in [0.15, 0.2) is 0 Å². The lowest BCUT2D eigenvalue weighted by atomic mass is 9.98. The van der Waals surface area contributed by atoms with Crippen LogP contribution in [0.4, 0.5) is 5.69 Å². The molecule has 1 aliphatic heterocycles. The highest BCUT2D eigenvalue weighted by Gasteiger charge is 2.24. The molecule has 1 fully saturated rings. The fraction of sp³-hybridized carbons (Fsp3) is 0.400. The van der Waals surface area contributed by atoms with E-state index in [4.69, 9.17) is 4.74 Å². The largest absolute Gasteiger partial charge is 0.462 e. The average molecular weight is 290 g/mol. The molecule has 6 nitrogen and oxygen atoms in total. The summed E-state index contributed by atoms with van der Waals surface area (Å²) in [5.74, 6) is -0.841. The van der Waals surface area contributed by atoms with Crippen LogP contribution in [-0.4, -0.2) is 30.9 Å². The summed E-state index contributed by atoms with van der Waals surface area (Å²) in [7, 11) is 0. The molecule has 1 atom stereocenters. The van der Waals surface area contributed by atoms with Gasteiger partial charge in [0, 0.05) is 18.7 Å². The number of rotatable bonds is 4. The van der Waals surface area contributed by atoms with Gasteiger partial charge in [-0.15, -0.1) is 0 Å². The summed E-state index contributed by atoms with van der Waals surface area (Å²) in [6, 6.07) is 6.61. The van der Waals surface area contributed by atoms with Crippen molar-refractivity contribution in [3.05, 3.63) is 29.8 Å². The van der Waals surface area contributed by atoms with Gasteiger partial charge >= 0.3 is 5.97 Å². The summed E-state index contributed by atoms with van der Waals surface area (Å²) >= 11 is 0. The molecule has 0 radical (unpaired) electrons. The molecule has 1 aromatic carbocycles. The number of hydrogen-bond donors (Lipinski definition) is 2. The maximum atomic E-state index is 12.1. The second kappa shape index (κ2) is 6.88. The van der Waals surface area contributed by atoms with E-state index >= 15 is 0 Å². The Morgan fingerprint density at radius 1 is 1.43 bits per heavy atom. The van der Waals surface area contributed by atoms with Gasteiger partial charge in [-0.3, -0.25) is 9.59 Å². The normalized spacial score (nSPS) is 17.8. The lowest BCUT2D eigenvalue weighted by molar-refractivity contribution is -0.126. The van der Waals surface area contributed by atoms with Gasteiger partial charge in [-0.1, -0.05) is 6.07 Å². The molecular formula is C15H18N2O4. The minimum Gasteiger partial charge on any atom is -0.462 e. The van der Waals surface area contributed by atoms with Gasteiger partial charge in [-0.2, -0.15) is 0 Å². The molecule has 0 bridgehead atoms. The zero-order valence-corrected chi connectivity index (χ0v) is 11.8. The number of piperidine rings is 1. The quantitative estimate of drug-likeness (QED) is 0.819. The van der Waals surface area contributed by atoms with Crippen molar-refractivity contribution in [3.8, 4) is 0 Å². The van der Waals surface area contributed by atoms with Gasteiger partial charge in [0.1, 0.15) is 0 Å². The number of carbonyl (C=O) groups is 3. The zero-order chi connectivity index (χ0) is 15.2.